The summed E-state index contributed by atoms with van der Waals surface area (Å²) in [5.74, 6) is 1.10. The highest BCUT2D eigenvalue weighted by Gasteiger charge is 2.31. The number of thiazole rings is 1. The van der Waals surface area contributed by atoms with Crippen LogP contribution < -0.4 is 0 Å². The Kier molecular flexibility index (Phi) is 4.56. The minimum atomic E-state index is -0.150. The largest absolute Gasteiger partial charge is 0.492 e. The van der Waals surface area contributed by atoms with Gasteiger partial charge in [0.15, 0.2) is 5.76 Å². The highest BCUT2D eigenvalue weighted by molar-refractivity contribution is 7.17. The van der Waals surface area contributed by atoms with E-state index in [-0.39, 0.29) is 11.9 Å². The van der Waals surface area contributed by atoms with Crippen molar-refractivity contribution >= 4 is 27.9 Å². The number of morpholine rings is 1. The van der Waals surface area contributed by atoms with Crippen molar-refractivity contribution in [2.75, 3.05) is 26.3 Å². The number of ether oxygens (including phenoxy) is 1. The summed E-state index contributed by atoms with van der Waals surface area (Å²) in [6, 6.07) is 11.2. The van der Waals surface area contributed by atoms with Crippen LogP contribution in [-0.2, 0) is 4.74 Å². The number of hydrogen-bond acceptors (Lipinski definition) is 7. The van der Waals surface area contributed by atoms with Gasteiger partial charge in [0.25, 0.3) is 0 Å². The maximum absolute atomic E-state index is 11.0. The highest BCUT2D eigenvalue weighted by Crippen LogP contribution is 2.41. The van der Waals surface area contributed by atoms with Gasteiger partial charge in [-0.3, -0.25) is 4.90 Å². The zero-order valence-electron chi connectivity index (χ0n) is 14.8. The summed E-state index contributed by atoms with van der Waals surface area (Å²) < 4.78 is 12.3. The number of nitrogens with zero attached hydrogens (tertiary/aromatic N) is 4. The van der Waals surface area contributed by atoms with E-state index in [0.717, 1.165) is 23.5 Å². The van der Waals surface area contributed by atoms with E-state index in [4.69, 9.17) is 20.8 Å². The third-order valence-corrected chi connectivity index (χ3v) is 6.07. The molecule has 28 heavy (non-hydrogen) atoms. The van der Waals surface area contributed by atoms with Gasteiger partial charge in [-0.05, 0) is 29.8 Å². The number of fused-ring (bicyclic) bond motifs is 1. The van der Waals surface area contributed by atoms with Crippen molar-refractivity contribution in [2.24, 2.45) is 0 Å². The lowest BCUT2D eigenvalue weighted by molar-refractivity contribution is 0.0241. The number of aromatic hydroxyl groups is 1. The lowest BCUT2D eigenvalue weighted by Gasteiger charge is -2.34. The molecule has 1 N–H and O–H groups in total. The van der Waals surface area contributed by atoms with Gasteiger partial charge in [0.1, 0.15) is 0 Å². The third kappa shape index (κ3) is 3.08. The lowest BCUT2D eigenvalue weighted by Crippen LogP contribution is -2.39. The van der Waals surface area contributed by atoms with Gasteiger partial charge in [-0.2, -0.15) is 9.50 Å². The molecule has 0 bridgehead atoms. The molecule has 5 rings (SSSR count). The van der Waals surface area contributed by atoms with E-state index in [1.54, 1.807) is 18.4 Å². The topological polar surface area (TPSA) is 76.0 Å². The molecule has 4 heterocycles. The maximum Gasteiger partial charge on any atom is 0.230 e. The first-order chi connectivity index (χ1) is 13.7. The average molecular weight is 417 g/mol. The fraction of sp³-hybridized carbons (Fsp3) is 0.263. The lowest BCUT2D eigenvalue weighted by atomic mass is 10.0. The number of benzene rings is 1. The van der Waals surface area contributed by atoms with Gasteiger partial charge in [-0.1, -0.05) is 35.1 Å². The maximum atomic E-state index is 11.0. The molecule has 0 spiro atoms. The van der Waals surface area contributed by atoms with Crippen LogP contribution >= 0.6 is 22.9 Å². The van der Waals surface area contributed by atoms with Gasteiger partial charge < -0.3 is 14.3 Å². The molecule has 0 radical (unpaired) electrons. The highest BCUT2D eigenvalue weighted by atomic mass is 35.5. The number of aromatic nitrogens is 3. The Labute approximate surface area is 169 Å². The Morgan fingerprint density at radius 3 is 2.75 bits per heavy atom. The molecule has 1 saturated heterocycles. The molecule has 0 amide bonds. The van der Waals surface area contributed by atoms with Crippen molar-refractivity contribution in [3.05, 3.63) is 58.1 Å². The Bertz CT molecular complexity index is 1100. The summed E-state index contributed by atoms with van der Waals surface area (Å²) in [5.41, 5.74) is 1.01. The molecule has 4 aromatic rings. The molecular weight excluding hydrogens is 400 g/mol. The molecule has 9 heteroatoms. The zero-order valence-corrected chi connectivity index (χ0v) is 16.4. The van der Waals surface area contributed by atoms with Crippen LogP contribution in [0.1, 0.15) is 16.5 Å². The van der Waals surface area contributed by atoms with E-state index in [1.165, 1.54) is 15.9 Å². The molecule has 1 aliphatic heterocycles. The van der Waals surface area contributed by atoms with Gasteiger partial charge in [0, 0.05) is 18.1 Å². The fourth-order valence-corrected chi connectivity index (χ4v) is 4.79. The van der Waals surface area contributed by atoms with Crippen LogP contribution in [0.4, 0.5) is 0 Å². The molecule has 3 aromatic heterocycles. The van der Waals surface area contributed by atoms with Gasteiger partial charge in [-0.25, -0.2) is 0 Å². The quantitative estimate of drug-likeness (QED) is 0.545. The zero-order chi connectivity index (χ0) is 19.1. The van der Waals surface area contributed by atoms with Crippen molar-refractivity contribution in [3.8, 4) is 17.5 Å². The number of halogens is 1. The molecule has 1 fully saturated rings. The first kappa shape index (κ1) is 17.7. The second-order valence-electron chi connectivity index (χ2n) is 6.50. The minimum absolute atomic E-state index is 0.0850. The van der Waals surface area contributed by atoms with Crippen LogP contribution in [0.5, 0.6) is 5.88 Å². The van der Waals surface area contributed by atoms with Crippen LogP contribution in [0, 0.1) is 0 Å². The summed E-state index contributed by atoms with van der Waals surface area (Å²) in [5, 5.41) is 16.1. The Morgan fingerprint density at radius 1 is 1.18 bits per heavy atom. The van der Waals surface area contributed by atoms with E-state index in [1.807, 2.05) is 24.3 Å². The van der Waals surface area contributed by atoms with Crippen molar-refractivity contribution in [3.63, 3.8) is 0 Å². The van der Waals surface area contributed by atoms with E-state index in [9.17, 15) is 5.11 Å². The average Bonchev–Trinajstić information content (AvgIpc) is 3.42. The smallest absolute Gasteiger partial charge is 0.230 e. The Hall–Kier alpha value is -2.39. The van der Waals surface area contributed by atoms with Gasteiger partial charge >= 0.3 is 0 Å². The first-order valence-electron chi connectivity index (χ1n) is 8.90. The predicted molar refractivity (Wildman–Crippen MR) is 106 cm³/mol. The molecule has 0 aliphatic carbocycles. The molecule has 1 aromatic carbocycles. The van der Waals surface area contributed by atoms with Crippen LogP contribution in [0.15, 0.2) is 47.1 Å². The second-order valence-corrected chi connectivity index (χ2v) is 7.95. The summed E-state index contributed by atoms with van der Waals surface area (Å²) in [4.78, 5) is 8.20. The summed E-state index contributed by atoms with van der Waals surface area (Å²) in [7, 11) is 0. The second kappa shape index (κ2) is 7.21. The van der Waals surface area contributed by atoms with Crippen LogP contribution in [0.2, 0.25) is 5.02 Å². The molecule has 0 saturated carbocycles. The van der Waals surface area contributed by atoms with Crippen molar-refractivity contribution in [2.45, 2.75) is 6.04 Å². The monoisotopic (exact) mass is 416 g/mol. The number of hydrogen-bond donors (Lipinski definition) is 1. The Morgan fingerprint density at radius 2 is 2.04 bits per heavy atom. The number of rotatable bonds is 4. The Balaban J connectivity index is 1.60. The van der Waals surface area contributed by atoms with Crippen LogP contribution in [-0.4, -0.2) is 50.9 Å². The normalized spacial score (nSPS) is 16.6. The number of furan rings is 1. The van der Waals surface area contributed by atoms with Crippen LogP contribution in [0.25, 0.3) is 16.5 Å². The van der Waals surface area contributed by atoms with E-state index >= 15 is 0 Å². The minimum Gasteiger partial charge on any atom is -0.492 e. The molecule has 1 atom stereocenters. The molecule has 0 unspecified atom stereocenters. The fourth-order valence-electron chi connectivity index (χ4n) is 3.48. The van der Waals surface area contributed by atoms with Gasteiger partial charge in [0.2, 0.25) is 16.7 Å². The summed E-state index contributed by atoms with van der Waals surface area (Å²) in [6.45, 7) is 2.84. The molecule has 7 nitrogen and oxygen atoms in total. The van der Waals surface area contributed by atoms with Crippen LogP contribution in [0.3, 0.4) is 0 Å². The third-order valence-electron chi connectivity index (χ3n) is 4.76. The van der Waals surface area contributed by atoms with Crippen molar-refractivity contribution in [1.82, 2.24) is 19.5 Å². The van der Waals surface area contributed by atoms with Gasteiger partial charge in [0.05, 0.1) is 30.4 Å². The van der Waals surface area contributed by atoms with E-state index in [2.05, 4.69) is 15.0 Å². The van der Waals surface area contributed by atoms with Crippen molar-refractivity contribution < 1.29 is 14.3 Å². The first-order valence-corrected chi connectivity index (χ1v) is 10.1. The summed E-state index contributed by atoms with van der Waals surface area (Å²) >= 11 is 7.66. The van der Waals surface area contributed by atoms with E-state index in [0.29, 0.717) is 34.8 Å². The summed E-state index contributed by atoms with van der Waals surface area (Å²) in [6.07, 6.45) is 1.57. The molecule has 144 valence electrons. The standard InChI is InChI=1S/C19H17ClN4O3S/c20-13-4-1-3-12(11-13)15(23-6-9-26-10-7-23)16-18(25)24-19(28-16)21-17(22-24)14-5-2-8-27-14/h1-5,8,11,15,25H,6-7,9-10H2/t15-/m0/s1. The molecule has 1 aliphatic rings. The van der Waals surface area contributed by atoms with E-state index < -0.39 is 0 Å². The van der Waals surface area contributed by atoms with Crippen molar-refractivity contribution in [1.29, 1.82) is 0 Å². The SMILES string of the molecule is Oc1c([C@H](c2cccc(Cl)c2)N2CCOCC2)sc2nc(-c3ccco3)nn12. The molecular formula is C19H17ClN4O3S. The predicted octanol–water partition coefficient (Wildman–Crippen LogP) is 3.83. The van der Waals surface area contributed by atoms with Gasteiger partial charge in [-0.15, -0.1) is 5.10 Å².